The van der Waals surface area contributed by atoms with Crippen molar-refractivity contribution in [3.63, 3.8) is 0 Å². The van der Waals surface area contributed by atoms with Crippen molar-refractivity contribution in [3.05, 3.63) is 53.6 Å². The zero-order valence-electron chi connectivity index (χ0n) is 12.1. The van der Waals surface area contributed by atoms with E-state index in [1.807, 2.05) is 56.3 Å². The maximum absolute atomic E-state index is 5.89. The maximum atomic E-state index is 5.89. The fourth-order valence-corrected chi connectivity index (χ4v) is 2.00. The van der Waals surface area contributed by atoms with E-state index < -0.39 is 0 Å². The molecule has 0 spiro atoms. The number of nitrogen functional groups attached to an aromatic ring is 1. The quantitative estimate of drug-likeness (QED) is 0.643. The normalized spacial score (nSPS) is 10.3. The van der Waals surface area contributed by atoms with Crippen molar-refractivity contribution in [1.82, 2.24) is 0 Å². The summed E-state index contributed by atoms with van der Waals surface area (Å²) in [6.45, 7) is 5.28. The van der Waals surface area contributed by atoms with Gasteiger partial charge in [0.05, 0.1) is 13.2 Å². The monoisotopic (exact) mass is 271 g/mol. The molecule has 2 aromatic rings. The summed E-state index contributed by atoms with van der Waals surface area (Å²) in [6.07, 6.45) is 0.836. The smallest absolute Gasteiger partial charge is 0.127 e. The van der Waals surface area contributed by atoms with Gasteiger partial charge in [0, 0.05) is 17.7 Å². The first-order valence-electron chi connectivity index (χ1n) is 6.85. The number of benzene rings is 2. The molecule has 20 heavy (non-hydrogen) atoms. The van der Waals surface area contributed by atoms with Crippen LogP contribution >= 0.6 is 0 Å². The fourth-order valence-electron chi connectivity index (χ4n) is 2.00. The zero-order valence-corrected chi connectivity index (χ0v) is 12.1. The fraction of sp³-hybridized carbons (Fsp3) is 0.294. The van der Waals surface area contributed by atoms with Crippen LogP contribution in [-0.2, 0) is 0 Å². The molecule has 0 aromatic heterocycles. The highest BCUT2D eigenvalue weighted by Gasteiger charge is 2.06. The van der Waals surface area contributed by atoms with Gasteiger partial charge >= 0.3 is 0 Å². The molecule has 2 aromatic carbocycles. The molecule has 0 fully saturated rings. The molecule has 3 nitrogen and oxygen atoms in total. The largest absolute Gasteiger partial charge is 0.493 e. The first-order chi connectivity index (χ1) is 9.68. The van der Waals surface area contributed by atoms with E-state index >= 15 is 0 Å². The predicted molar refractivity (Wildman–Crippen MR) is 82.4 cm³/mol. The lowest BCUT2D eigenvalue weighted by Crippen LogP contribution is -2.07. The highest BCUT2D eigenvalue weighted by molar-refractivity contribution is 5.56. The van der Waals surface area contributed by atoms with Crippen LogP contribution in [0.3, 0.4) is 0 Å². The minimum absolute atomic E-state index is 0.623. The Morgan fingerprint density at radius 3 is 2.35 bits per heavy atom. The van der Waals surface area contributed by atoms with Gasteiger partial charge in [-0.25, -0.2) is 0 Å². The molecule has 2 N–H and O–H groups in total. The van der Waals surface area contributed by atoms with Gasteiger partial charge in [-0.1, -0.05) is 24.3 Å². The Morgan fingerprint density at radius 1 is 0.900 bits per heavy atom. The molecule has 0 bridgehead atoms. The van der Waals surface area contributed by atoms with Gasteiger partial charge in [0.15, 0.2) is 0 Å². The Labute approximate surface area is 120 Å². The van der Waals surface area contributed by atoms with E-state index in [1.165, 1.54) is 0 Å². The zero-order chi connectivity index (χ0) is 14.4. The van der Waals surface area contributed by atoms with E-state index in [0.29, 0.717) is 13.2 Å². The summed E-state index contributed by atoms with van der Waals surface area (Å²) in [4.78, 5) is 0. The van der Waals surface area contributed by atoms with Gasteiger partial charge in [-0.2, -0.15) is 0 Å². The summed E-state index contributed by atoms with van der Waals surface area (Å²) in [7, 11) is 0. The average Bonchev–Trinajstić information content (AvgIpc) is 2.47. The SMILES string of the molecule is Cc1ccc(N)c(C)c1OCCCOc1ccccc1. The van der Waals surface area contributed by atoms with Gasteiger partial charge in [0.1, 0.15) is 11.5 Å². The van der Waals surface area contributed by atoms with Crippen LogP contribution in [0, 0.1) is 13.8 Å². The van der Waals surface area contributed by atoms with Crippen LogP contribution in [0.2, 0.25) is 0 Å². The third-order valence-corrected chi connectivity index (χ3v) is 3.19. The Balaban J connectivity index is 1.78. The second-order valence-corrected chi connectivity index (χ2v) is 4.79. The van der Waals surface area contributed by atoms with Crippen LogP contribution in [0.1, 0.15) is 17.5 Å². The molecule has 0 aliphatic carbocycles. The predicted octanol–water partition coefficient (Wildman–Crippen LogP) is 3.73. The molecular weight excluding hydrogens is 250 g/mol. The van der Waals surface area contributed by atoms with Crippen molar-refractivity contribution in [2.24, 2.45) is 0 Å². The third kappa shape index (κ3) is 3.67. The first-order valence-corrected chi connectivity index (χ1v) is 6.85. The van der Waals surface area contributed by atoms with E-state index in [4.69, 9.17) is 15.2 Å². The second kappa shape index (κ2) is 6.85. The van der Waals surface area contributed by atoms with Crippen molar-refractivity contribution >= 4 is 5.69 Å². The minimum atomic E-state index is 0.623. The number of hydrogen-bond acceptors (Lipinski definition) is 3. The van der Waals surface area contributed by atoms with Gasteiger partial charge in [-0.3, -0.25) is 0 Å². The van der Waals surface area contributed by atoms with Crippen molar-refractivity contribution in [2.45, 2.75) is 20.3 Å². The second-order valence-electron chi connectivity index (χ2n) is 4.79. The van der Waals surface area contributed by atoms with Crippen LogP contribution in [0.5, 0.6) is 11.5 Å². The highest BCUT2D eigenvalue weighted by atomic mass is 16.5. The summed E-state index contributed by atoms with van der Waals surface area (Å²) in [5.74, 6) is 1.79. The number of para-hydroxylation sites is 1. The molecule has 0 amide bonds. The van der Waals surface area contributed by atoms with E-state index in [1.54, 1.807) is 0 Å². The van der Waals surface area contributed by atoms with Crippen molar-refractivity contribution < 1.29 is 9.47 Å². The number of rotatable bonds is 6. The maximum Gasteiger partial charge on any atom is 0.127 e. The number of ether oxygens (including phenoxy) is 2. The molecule has 0 heterocycles. The van der Waals surface area contributed by atoms with Gasteiger partial charge in [-0.05, 0) is 37.6 Å². The Morgan fingerprint density at radius 2 is 1.60 bits per heavy atom. The molecule has 0 aliphatic rings. The molecule has 0 saturated carbocycles. The number of hydrogen-bond donors (Lipinski definition) is 1. The first kappa shape index (κ1) is 14.3. The Kier molecular flexibility index (Phi) is 4.88. The highest BCUT2D eigenvalue weighted by Crippen LogP contribution is 2.27. The third-order valence-electron chi connectivity index (χ3n) is 3.19. The van der Waals surface area contributed by atoms with Crippen LogP contribution in [0.15, 0.2) is 42.5 Å². The Hall–Kier alpha value is -2.16. The molecule has 0 saturated heterocycles. The van der Waals surface area contributed by atoms with Crippen LogP contribution in [-0.4, -0.2) is 13.2 Å². The van der Waals surface area contributed by atoms with E-state index in [0.717, 1.165) is 34.7 Å². The van der Waals surface area contributed by atoms with E-state index in [9.17, 15) is 0 Å². The molecule has 3 heteroatoms. The standard InChI is InChI=1S/C17H21NO2/c1-13-9-10-16(18)14(2)17(13)20-12-6-11-19-15-7-4-3-5-8-15/h3-5,7-10H,6,11-12,18H2,1-2H3. The summed E-state index contributed by atoms with van der Waals surface area (Å²) >= 11 is 0. The van der Waals surface area contributed by atoms with Crippen LogP contribution < -0.4 is 15.2 Å². The minimum Gasteiger partial charge on any atom is -0.493 e. The summed E-state index contributed by atoms with van der Waals surface area (Å²) < 4.78 is 11.4. The molecule has 106 valence electrons. The molecular formula is C17H21NO2. The van der Waals surface area contributed by atoms with Crippen LogP contribution in [0.4, 0.5) is 5.69 Å². The van der Waals surface area contributed by atoms with Crippen molar-refractivity contribution in [1.29, 1.82) is 0 Å². The van der Waals surface area contributed by atoms with Crippen molar-refractivity contribution in [3.8, 4) is 11.5 Å². The molecule has 0 radical (unpaired) electrons. The summed E-state index contributed by atoms with van der Waals surface area (Å²) in [5, 5.41) is 0. The number of aryl methyl sites for hydroxylation is 1. The summed E-state index contributed by atoms with van der Waals surface area (Å²) in [6, 6.07) is 13.7. The molecule has 0 unspecified atom stereocenters. The Bertz CT molecular complexity index is 552. The van der Waals surface area contributed by atoms with Gasteiger partial charge in [0.25, 0.3) is 0 Å². The number of anilines is 1. The lowest BCUT2D eigenvalue weighted by Gasteiger charge is -2.14. The molecule has 2 rings (SSSR count). The summed E-state index contributed by atoms with van der Waals surface area (Å²) in [5.41, 5.74) is 8.78. The van der Waals surface area contributed by atoms with Gasteiger partial charge < -0.3 is 15.2 Å². The lowest BCUT2D eigenvalue weighted by molar-refractivity contribution is 0.246. The molecule has 0 atom stereocenters. The van der Waals surface area contributed by atoms with Crippen molar-refractivity contribution in [2.75, 3.05) is 18.9 Å². The van der Waals surface area contributed by atoms with Crippen LogP contribution in [0.25, 0.3) is 0 Å². The number of nitrogens with two attached hydrogens (primary N) is 1. The molecule has 0 aliphatic heterocycles. The topological polar surface area (TPSA) is 44.5 Å². The lowest BCUT2D eigenvalue weighted by atomic mass is 10.1. The van der Waals surface area contributed by atoms with E-state index in [2.05, 4.69) is 0 Å². The van der Waals surface area contributed by atoms with Gasteiger partial charge in [-0.15, -0.1) is 0 Å². The average molecular weight is 271 g/mol. The van der Waals surface area contributed by atoms with E-state index in [-0.39, 0.29) is 0 Å². The van der Waals surface area contributed by atoms with Gasteiger partial charge in [0.2, 0.25) is 0 Å².